The predicted octanol–water partition coefficient (Wildman–Crippen LogP) is 2.98. The molecule has 4 rings (SSSR count). The molecule has 0 bridgehead atoms. The Labute approximate surface area is 244 Å². The van der Waals surface area contributed by atoms with Gasteiger partial charge in [0, 0.05) is 0 Å². The molecule has 35 heavy (non-hydrogen) atoms. The van der Waals surface area contributed by atoms with Crippen LogP contribution in [0.1, 0.15) is 53.4 Å². The van der Waals surface area contributed by atoms with Gasteiger partial charge in [0.1, 0.15) is 0 Å². The fourth-order valence-electron chi connectivity index (χ4n) is 4.45. The summed E-state index contributed by atoms with van der Waals surface area (Å²) < 4.78 is 0. The molecule has 0 aliphatic rings. The zero-order valence-corrected chi connectivity index (χ0v) is 26.6. The Balaban J connectivity index is 0.000000608. The maximum Gasteiger partial charge on any atom is 4.00 e. The summed E-state index contributed by atoms with van der Waals surface area (Å²) in [7, 11) is 0.194. The molecule has 0 saturated carbocycles. The second-order valence-corrected chi connectivity index (χ2v) is 13.6. The average molecular weight is 581 g/mol. The Morgan fingerprint density at radius 1 is 0.543 bits per heavy atom. The average Bonchev–Trinajstić information content (AvgIpc) is 3.43. The molecule has 0 saturated heterocycles. The van der Waals surface area contributed by atoms with E-state index in [1.165, 1.54) is 71.9 Å². The largest absolute Gasteiger partial charge is 4.00 e. The van der Waals surface area contributed by atoms with Crippen LogP contribution in [0.5, 0.6) is 0 Å². The number of halogens is 2. The molecule has 0 heterocycles. The van der Waals surface area contributed by atoms with Crippen LogP contribution in [0, 0.1) is 0 Å². The Kier molecular flexibility index (Phi) is 18.9. The quantitative estimate of drug-likeness (QED) is 0.154. The molecule has 0 nitrogen and oxygen atoms in total. The van der Waals surface area contributed by atoms with E-state index in [-0.39, 0.29) is 62.4 Å². The van der Waals surface area contributed by atoms with Gasteiger partial charge in [-0.05, 0) is 24.6 Å². The van der Waals surface area contributed by atoms with Gasteiger partial charge in [0.15, 0.2) is 0 Å². The van der Waals surface area contributed by atoms with Gasteiger partial charge in [-0.15, -0.1) is 80.7 Å². The Morgan fingerprint density at radius 3 is 1.14 bits per heavy atom. The maximum absolute atomic E-state index is 2.41. The van der Waals surface area contributed by atoms with E-state index >= 15 is 0 Å². The van der Waals surface area contributed by atoms with Gasteiger partial charge in [0.05, 0.1) is 0 Å². The van der Waals surface area contributed by atoms with E-state index in [4.69, 9.17) is 0 Å². The summed E-state index contributed by atoms with van der Waals surface area (Å²) in [4.78, 5) is 0. The van der Waals surface area contributed by atoms with Crippen LogP contribution in [0.4, 0.5) is 0 Å². The third kappa shape index (κ3) is 10.2. The zero-order valence-electron chi connectivity index (χ0n) is 21.7. The molecule has 0 atom stereocenters. The van der Waals surface area contributed by atoms with Crippen LogP contribution in [-0.2, 0) is 21.7 Å². The van der Waals surface area contributed by atoms with Crippen LogP contribution in [0.15, 0.2) is 72.8 Å². The van der Waals surface area contributed by atoms with E-state index in [0.29, 0.717) is 0 Å². The molecule has 0 radical (unpaired) electrons. The first-order chi connectivity index (χ1) is 15.7. The van der Waals surface area contributed by atoms with Gasteiger partial charge >= 0.3 is 21.7 Å². The van der Waals surface area contributed by atoms with Gasteiger partial charge in [0.25, 0.3) is 0 Å². The van der Waals surface area contributed by atoms with Crippen molar-refractivity contribution in [2.24, 2.45) is 0 Å². The Hall–Kier alpha value is -0.186. The van der Waals surface area contributed by atoms with E-state index in [0.717, 1.165) is 0 Å². The fourth-order valence-corrected chi connectivity index (χ4v) is 9.38. The fraction of sp³-hybridized carbons (Fsp3) is 0.400. The number of fused-ring (bicyclic) bond motifs is 2. The normalized spacial score (nSPS) is 10.5. The monoisotopic (exact) mass is 580 g/mol. The van der Waals surface area contributed by atoms with Crippen molar-refractivity contribution in [2.75, 3.05) is 24.6 Å². The predicted molar refractivity (Wildman–Crippen MR) is 153 cm³/mol. The molecular weight excluding hydrogens is 541 g/mol. The van der Waals surface area contributed by atoms with E-state index in [1.54, 1.807) is 10.6 Å². The van der Waals surface area contributed by atoms with E-state index in [1.807, 2.05) is 0 Å². The van der Waals surface area contributed by atoms with Crippen LogP contribution in [0.3, 0.4) is 0 Å². The van der Waals surface area contributed by atoms with Crippen molar-refractivity contribution in [1.82, 2.24) is 0 Å². The third-order valence-corrected chi connectivity index (χ3v) is 11.8. The van der Waals surface area contributed by atoms with Gasteiger partial charge in [-0.3, -0.25) is 0 Å². The molecule has 4 aromatic carbocycles. The molecule has 0 N–H and O–H groups in total. The molecule has 4 aromatic rings. The summed E-state index contributed by atoms with van der Waals surface area (Å²) in [6.45, 7) is 9.20. The van der Waals surface area contributed by atoms with Crippen molar-refractivity contribution in [2.45, 2.75) is 53.4 Å². The van der Waals surface area contributed by atoms with Gasteiger partial charge in [-0.25, -0.2) is 0 Å². The molecule has 0 aliphatic heterocycles. The van der Waals surface area contributed by atoms with Crippen molar-refractivity contribution in [3.05, 3.63) is 72.8 Å². The summed E-state index contributed by atoms with van der Waals surface area (Å²) >= 11 is 0. The maximum atomic E-state index is 2.41. The zero-order chi connectivity index (χ0) is 22.8. The van der Waals surface area contributed by atoms with Crippen molar-refractivity contribution in [3.8, 4) is 0 Å². The number of benzene rings is 2. The SMILES string of the molecule is CCCP(CCC)c1cc2ccccc2[cH-]1.CCCP(CCC)c1cc2ccccc2[cH-]1.[Cl-].[Cl-].[Ti+4]. The van der Waals surface area contributed by atoms with Gasteiger partial charge in [-0.1, -0.05) is 81.4 Å². The van der Waals surface area contributed by atoms with Crippen LogP contribution in [-0.4, -0.2) is 24.6 Å². The molecule has 0 fully saturated rings. The van der Waals surface area contributed by atoms with Gasteiger partial charge < -0.3 is 24.8 Å². The van der Waals surface area contributed by atoms with Crippen molar-refractivity contribution in [3.63, 3.8) is 0 Å². The molecule has 0 aromatic heterocycles. The van der Waals surface area contributed by atoms with Crippen LogP contribution < -0.4 is 35.4 Å². The standard InChI is InChI=1S/2C15H20P.2ClH.Ti/c2*1-3-9-16(10-4-2)15-11-13-7-5-6-8-14(13)12-15;;;/h2*5-8,11-12H,3-4,9-10H2,1-2H3;2*1H;/q2*-1;;;+4/p-2. The number of hydrogen-bond donors (Lipinski definition) is 0. The molecule has 0 unspecified atom stereocenters. The van der Waals surface area contributed by atoms with Crippen LogP contribution in [0.25, 0.3) is 21.5 Å². The molecule has 0 aliphatic carbocycles. The van der Waals surface area contributed by atoms with E-state index in [9.17, 15) is 0 Å². The van der Waals surface area contributed by atoms with Crippen molar-refractivity contribution < 1.29 is 46.5 Å². The smallest absolute Gasteiger partial charge is 1.00 e. The summed E-state index contributed by atoms with van der Waals surface area (Å²) in [5, 5.41) is 8.88. The molecule has 0 spiro atoms. The minimum atomic E-state index is 0. The minimum Gasteiger partial charge on any atom is -1.00 e. The Morgan fingerprint density at radius 2 is 0.857 bits per heavy atom. The van der Waals surface area contributed by atoms with Crippen molar-refractivity contribution in [1.29, 1.82) is 0 Å². The summed E-state index contributed by atoms with van der Waals surface area (Å²) in [5.41, 5.74) is 0. The summed E-state index contributed by atoms with van der Waals surface area (Å²) in [5.74, 6) is 0. The summed E-state index contributed by atoms with van der Waals surface area (Å²) in [6.07, 6.45) is 10.8. The number of rotatable bonds is 10. The first-order valence-electron chi connectivity index (χ1n) is 12.5. The topological polar surface area (TPSA) is 0 Å². The van der Waals surface area contributed by atoms with Crippen LogP contribution >= 0.6 is 15.8 Å². The van der Waals surface area contributed by atoms with E-state index in [2.05, 4.69) is 100 Å². The third-order valence-electron chi connectivity index (χ3n) is 5.91. The van der Waals surface area contributed by atoms with Crippen molar-refractivity contribution >= 4 is 48.0 Å². The second kappa shape index (κ2) is 19.0. The first kappa shape index (κ1) is 34.8. The second-order valence-electron chi connectivity index (χ2n) is 8.66. The van der Waals surface area contributed by atoms with Gasteiger partial charge in [-0.2, -0.15) is 12.1 Å². The Bertz CT molecular complexity index is 908. The molecule has 5 heteroatoms. The van der Waals surface area contributed by atoms with E-state index < -0.39 is 0 Å². The van der Waals surface area contributed by atoms with Crippen LogP contribution in [0.2, 0.25) is 0 Å². The molecular formula is C30H40Cl2P2Ti. The summed E-state index contributed by atoms with van der Waals surface area (Å²) in [6, 6.07) is 27.1. The first-order valence-corrected chi connectivity index (χ1v) is 15.9. The number of hydrogen-bond acceptors (Lipinski definition) is 0. The molecule has 188 valence electrons. The minimum absolute atomic E-state index is 0. The van der Waals surface area contributed by atoms with Gasteiger partial charge in [0.2, 0.25) is 0 Å². The molecule has 0 amide bonds.